The third kappa shape index (κ3) is 4.41. The lowest BCUT2D eigenvalue weighted by atomic mass is 10.1. The number of hydrogen-bond donors (Lipinski definition) is 0. The Labute approximate surface area is 136 Å². The molecule has 0 N–H and O–H groups in total. The van der Waals surface area contributed by atoms with Crippen molar-refractivity contribution in [2.24, 2.45) is 0 Å². The van der Waals surface area contributed by atoms with Crippen LogP contribution in [0, 0.1) is 6.92 Å². The fourth-order valence-corrected chi connectivity index (χ4v) is 2.70. The molecule has 23 heavy (non-hydrogen) atoms. The molecule has 0 aliphatic carbocycles. The summed E-state index contributed by atoms with van der Waals surface area (Å²) < 4.78 is 12.9. The number of piperidine rings is 1. The largest absolute Gasteiger partial charge is 0.494 e. The van der Waals surface area contributed by atoms with Gasteiger partial charge < -0.3 is 14.4 Å². The van der Waals surface area contributed by atoms with Crippen LogP contribution in [0.1, 0.15) is 18.4 Å². The first-order valence-corrected chi connectivity index (χ1v) is 7.97. The summed E-state index contributed by atoms with van der Waals surface area (Å²) >= 11 is 0. The molecular weight excluding hydrogens is 294 g/mol. The Kier molecular flexibility index (Phi) is 5.07. The second-order valence-electron chi connectivity index (χ2n) is 5.85. The summed E-state index contributed by atoms with van der Waals surface area (Å²) in [5.74, 6) is 0.640. The molecule has 0 bridgehead atoms. The van der Waals surface area contributed by atoms with E-state index >= 15 is 0 Å². The van der Waals surface area contributed by atoms with Crippen LogP contribution >= 0.6 is 0 Å². The van der Waals surface area contributed by atoms with Crippen LogP contribution in [0.15, 0.2) is 24.8 Å². The minimum Gasteiger partial charge on any atom is -0.494 e. The van der Waals surface area contributed by atoms with E-state index in [2.05, 4.69) is 33.1 Å². The van der Waals surface area contributed by atoms with Crippen molar-refractivity contribution in [3.63, 3.8) is 0 Å². The quantitative estimate of drug-likeness (QED) is 0.805. The van der Waals surface area contributed by atoms with E-state index in [1.807, 2.05) is 10.9 Å². The minimum atomic E-state index is 0.187. The molecule has 0 atom stereocenters. The number of aromatic nitrogens is 4. The molecule has 7 nitrogen and oxygen atoms in total. The van der Waals surface area contributed by atoms with E-state index in [4.69, 9.17) is 9.47 Å². The van der Waals surface area contributed by atoms with Crippen molar-refractivity contribution in [1.29, 1.82) is 0 Å². The van der Waals surface area contributed by atoms with Gasteiger partial charge in [-0.3, -0.25) is 4.68 Å². The molecule has 0 amide bonds. The predicted molar refractivity (Wildman–Crippen MR) is 85.6 cm³/mol. The topological polar surface area (TPSA) is 65.3 Å². The fourth-order valence-electron chi connectivity index (χ4n) is 2.70. The van der Waals surface area contributed by atoms with Gasteiger partial charge in [-0.25, -0.2) is 0 Å². The first kappa shape index (κ1) is 15.7. The van der Waals surface area contributed by atoms with E-state index in [0.717, 1.165) is 39.0 Å². The number of ether oxygens (including phenoxy) is 2. The molecule has 1 saturated heterocycles. The number of hydrogen-bond acceptors (Lipinski definition) is 6. The maximum atomic E-state index is 5.85. The van der Waals surface area contributed by atoms with Crippen molar-refractivity contribution in [2.75, 3.05) is 26.7 Å². The Hall–Kier alpha value is -2.15. The van der Waals surface area contributed by atoms with Gasteiger partial charge >= 0.3 is 6.01 Å². The molecule has 0 unspecified atom stereocenters. The van der Waals surface area contributed by atoms with Gasteiger partial charge in [0, 0.05) is 25.8 Å². The smallest absolute Gasteiger partial charge is 0.316 e. The number of nitrogens with zero attached hydrogens (tertiary/aromatic N) is 5. The van der Waals surface area contributed by atoms with Gasteiger partial charge in [0.25, 0.3) is 0 Å². The Morgan fingerprint density at radius 2 is 1.87 bits per heavy atom. The maximum absolute atomic E-state index is 5.85. The number of aryl methyl sites for hydroxylation is 1. The SMILES string of the molecule is COc1cnc(OC2CCN(CCn3cc(C)cn3)CC2)nc1. The van der Waals surface area contributed by atoms with Crippen LogP contribution in [-0.2, 0) is 6.54 Å². The van der Waals surface area contributed by atoms with E-state index in [9.17, 15) is 0 Å². The zero-order valence-electron chi connectivity index (χ0n) is 13.7. The minimum absolute atomic E-state index is 0.187. The summed E-state index contributed by atoms with van der Waals surface area (Å²) in [7, 11) is 1.60. The second-order valence-corrected chi connectivity index (χ2v) is 5.85. The van der Waals surface area contributed by atoms with Crippen LogP contribution in [0.5, 0.6) is 11.8 Å². The van der Waals surface area contributed by atoms with E-state index in [-0.39, 0.29) is 6.10 Å². The van der Waals surface area contributed by atoms with Crippen molar-refractivity contribution in [1.82, 2.24) is 24.6 Å². The van der Waals surface area contributed by atoms with Crippen molar-refractivity contribution >= 4 is 0 Å². The third-order valence-electron chi connectivity index (χ3n) is 4.05. The first-order valence-electron chi connectivity index (χ1n) is 7.97. The normalized spacial score (nSPS) is 16.4. The van der Waals surface area contributed by atoms with Crippen LogP contribution in [-0.4, -0.2) is 57.5 Å². The summed E-state index contributed by atoms with van der Waals surface area (Å²) in [5, 5.41) is 4.32. The molecule has 3 rings (SSSR count). The lowest BCUT2D eigenvalue weighted by Gasteiger charge is -2.31. The van der Waals surface area contributed by atoms with Gasteiger partial charge in [-0.05, 0) is 25.3 Å². The molecule has 2 aromatic heterocycles. The van der Waals surface area contributed by atoms with E-state index in [1.165, 1.54) is 5.56 Å². The van der Waals surface area contributed by atoms with Gasteiger partial charge in [-0.15, -0.1) is 0 Å². The van der Waals surface area contributed by atoms with Gasteiger partial charge in [0.15, 0.2) is 5.75 Å². The van der Waals surface area contributed by atoms with Gasteiger partial charge in [0.1, 0.15) is 6.10 Å². The molecule has 0 saturated carbocycles. The van der Waals surface area contributed by atoms with Gasteiger partial charge in [0.2, 0.25) is 0 Å². The third-order valence-corrected chi connectivity index (χ3v) is 4.05. The first-order chi connectivity index (χ1) is 11.2. The Bertz CT molecular complexity index is 605. The molecule has 2 aromatic rings. The molecule has 1 fully saturated rings. The maximum Gasteiger partial charge on any atom is 0.316 e. The van der Waals surface area contributed by atoms with Crippen LogP contribution < -0.4 is 9.47 Å². The summed E-state index contributed by atoms with van der Waals surface area (Å²) in [6.45, 7) is 6.07. The highest BCUT2D eigenvalue weighted by Crippen LogP contribution is 2.17. The average molecular weight is 317 g/mol. The lowest BCUT2D eigenvalue weighted by Crippen LogP contribution is -2.39. The summed E-state index contributed by atoms with van der Waals surface area (Å²) in [6.07, 6.45) is 9.41. The van der Waals surface area contributed by atoms with Crippen LogP contribution in [0.25, 0.3) is 0 Å². The lowest BCUT2D eigenvalue weighted by molar-refractivity contribution is 0.0903. The number of methoxy groups -OCH3 is 1. The molecule has 0 aromatic carbocycles. The Morgan fingerprint density at radius 3 is 2.48 bits per heavy atom. The average Bonchev–Trinajstić information content (AvgIpc) is 3.00. The molecule has 0 spiro atoms. The standard InChI is InChI=1S/C16H23N5O2/c1-13-9-19-21(12-13)8-7-20-5-3-14(4-6-20)23-16-17-10-15(22-2)11-18-16/h9-12,14H,3-8H2,1-2H3. The second kappa shape index (κ2) is 7.41. The van der Waals surface area contributed by atoms with Gasteiger partial charge in [-0.2, -0.15) is 15.1 Å². The zero-order valence-corrected chi connectivity index (χ0v) is 13.7. The van der Waals surface area contributed by atoms with E-state index in [1.54, 1.807) is 19.5 Å². The van der Waals surface area contributed by atoms with Crippen molar-refractivity contribution in [3.8, 4) is 11.8 Å². The van der Waals surface area contributed by atoms with Crippen LogP contribution in [0.3, 0.4) is 0 Å². The highest BCUT2D eigenvalue weighted by atomic mass is 16.5. The molecule has 1 aliphatic heterocycles. The molecule has 7 heteroatoms. The van der Waals surface area contributed by atoms with Crippen LogP contribution in [0.2, 0.25) is 0 Å². The molecule has 124 valence electrons. The molecule has 1 aliphatic rings. The van der Waals surface area contributed by atoms with Gasteiger partial charge in [-0.1, -0.05) is 0 Å². The molecule has 3 heterocycles. The highest BCUT2D eigenvalue weighted by Gasteiger charge is 2.21. The Balaban J connectivity index is 1.41. The fraction of sp³-hybridized carbons (Fsp3) is 0.562. The molecular formula is C16H23N5O2. The van der Waals surface area contributed by atoms with Crippen LogP contribution in [0.4, 0.5) is 0 Å². The number of rotatable bonds is 6. The number of likely N-dealkylation sites (tertiary alicyclic amines) is 1. The van der Waals surface area contributed by atoms with Gasteiger partial charge in [0.05, 0.1) is 32.2 Å². The Morgan fingerprint density at radius 1 is 1.13 bits per heavy atom. The zero-order chi connectivity index (χ0) is 16.1. The van der Waals surface area contributed by atoms with Crippen molar-refractivity contribution in [2.45, 2.75) is 32.4 Å². The monoisotopic (exact) mass is 317 g/mol. The summed E-state index contributed by atoms with van der Waals surface area (Å²) in [4.78, 5) is 10.8. The van der Waals surface area contributed by atoms with Crippen molar-refractivity contribution < 1.29 is 9.47 Å². The van der Waals surface area contributed by atoms with E-state index in [0.29, 0.717) is 11.8 Å². The molecule has 0 radical (unpaired) electrons. The van der Waals surface area contributed by atoms with Crippen molar-refractivity contribution in [3.05, 3.63) is 30.4 Å². The summed E-state index contributed by atoms with van der Waals surface area (Å²) in [5.41, 5.74) is 1.21. The summed E-state index contributed by atoms with van der Waals surface area (Å²) in [6, 6.07) is 0.427. The highest BCUT2D eigenvalue weighted by molar-refractivity contribution is 5.13. The predicted octanol–water partition coefficient (Wildman–Crippen LogP) is 1.53. The van der Waals surface area contributed by atoms with E-state index < -0.39 is 0 Å².